The summed E-state index contributed by atoms with van der Waals surface area (Å²) in [5.74, 6) is 1.12. The number of hydrogen-bond donors (Lipinski definition) is 2. The van der Waals surface area contributed by atoms with E-state index in [1.807, 2.05) is 42.2 Å². The second-order valence-corrected chi connectivity index (χ2v) is 9.34. The van der Waals surface area contributed by atoms with Crippen LogP contribution in [0.5, 0.6) is 0 Å². The van der Waals surface area contributed by atoms with Crippen LogP contribution in [0.15, 0.2) is 30.0 Å². The Morgan fingerprint density at radius 2 is 2.20 bits per heavy atom. The van der Waals surface area contributed by atoms with Gasteiger partial charge in [-0.2, -0.15) is 14.0 Å². The number of aryl methyl sites for hydroxylation is 1. The molecule has 1 atom stereocenters. The first-order valence-corrected chi connectivity index (χ1v) is 11.6. The molecular formula is C19H22BN7OS2. The van der Waals surface area contributed by atoms with Crippen molar-refractivity contribution in [2.24, 2.45) is 0 Å². The van der Waals surface area contributed by atoms with Gasteiger partial charge in [0.15, 0.2) is 5.65 Å². The highest BCUT2D eigenvalue weighted by atomic mass is 32.1. The fourth-order valence-corrected chi connectivity index (χ4v) is 5.23. The number of nitrogens with zero attached hydrogens (tertiary/aromatic N) is 6. The summed E-state index contributed by atoms with van der Waals surface area (Å²) in [5, 5.41) is 19.1. The predicted molar refractivity (Wildman–Crippen MR) is 122 cm³/mol. The Kier molecular flexibility index (Phi) is 5.27. The summed E-state index contributed by atoms with van der Waals surface area (Å²) in [7, 11) is -0.447. The van der Waals surface area contributed by atoms with Gasteiger partial charge in [0.2, 0.25) is 0 Å². The molecule has 5 rings (SSSR count). The maximum Gasteiger partial charge on any atom is 0.376 e. The Hall–Kier alpha value is -2.34. The minimum absolute atomic E-state index is 0.256. The smallest absolute Gasteiger partial charge is 0.376 e. The van der Waals surface area contributed by atoms with Crippen molar-refractivity contribution >= 4 is 46.4 Å². The van der Waals surface area contributed by atoms with E-state index >= 15 is 0 Å². The molecular weight excluding hydrogens is 417 g/mol. The standard InChI is InChI=1S/C19H22BN7OS2/c1-12-6-18(30-25-12)24-17-7-15(13-4-3-5-26(10-13)20(2)28)23-19-14(8-22-27(17)19)16-9-21-11-29-16/h6-9,11,13,24,28H,3-5,10H2,1-2H3. The van der Waals surface area contributed by atoms with Gasteiger partial charge in [-0.05, 0) is 57.3 Å². The molecule has 0 spiro atoms. The molecule has 0 saturated carbocycles. The van der Waals surface area contributed by atoms with Crippen LogP contribution in [0.3, 0.4) is 0 Å². The van der Waals surface area contributed by atoms with Gasteiger partial charge in [-0.25, -0.2) is 4.98 Å². The summed E-state index contributed by atoms with van der Waals surface area (Å²) in [5.41, 5.74) is 5.62. The fraction of sp³-hybridized carbons (Fsp3) is 0.368. The zero-order valence-corrected chi connectivity index (χ0v) is 18.4. The molecule has 0 bridgehead atoms. The third-order valence-corrected chi connectivity index (χ3v) is 7.07. The lowest BCUT2D eigenvalue weighted by Gasteiger charge is -2.33. The Labute approximate surface area is 182 Å². The summed E-state index contributed by atoms with van der Waals surface area (Å²) < 4.78 is 6.22. The van der Waals surface area contributed by atoms with Gasteiger partial charge in [-0.1, -0.05) is 0 Å². The quantitative estimate of drug-likeness (QED) is 0.459. The second kappa shape index (κ2) is 8.07. The Bertz CT molecular complexity index is 1160. The highest BCUT2D eigenvalue weighted by Gasteiger charge is 2.28. The topological polar surface area (TPSA) is 91.5 Å². The Balaban J connectivity index is 1.60. The fourth-order valence-electron chi connectivity index (χ4n) is 3.94. The van der Waals surface area contributed by atoms with Crippen molar-refractivity contribution in [3.8, 4) is 10.4 Å². The molecule has 8 nitrogen and oxygen atoms in total. The monoisotopic (exact) mass is 439 g/mol. The lowest BCUT2D eigenvalue weighted by Crippen LogP contribution is -2.43. The minimum atomic E-state index is -0.447. The van der Waals surface area contributed by atoms with Crippen molar-refractivity contribution in [2.75, 3.05) is 18.4 Å². The van der Waals surface area contributed by atoms with E-state index in [9.17, 15) is 5.02 Å². The molecule has 11 heteroatoms. The molecule has 4 aromatic rings. The van der Waals surface area contributed by atoms with E-state index in [0.717, 1.165) is 64.2 Å². The van der Waals surface area contributed by atoms with E-state index in [2.05, 4.69) is 30.7 Å². The van der Waals surface area contributed by atoms with Gasteiger partial charge < -0.3 is 15.2 Å². The summed E-state index contributed by atoms with van der Waals surface area (Å²) >= 11 is 3.01. The zero-order chi connectivity index (χ0) is 20.7. The highest BCUT2D eigenvalue weighted by Crippen LogP contribution is 2.33. The van der Waals surface area contributed by atoms with Gasteiger partial charge in [0.05, 0.1) is 33.5 Å². The van der Waals surface area contributed by atoms with Crippen LogP contribution in [-0.4, -0.2) is 53.9 Å². The van der Waals surface area contributed by atoms with E-state index in [1.165, 1.54) is 11.5 Å². The number of piperidine rings is 1. The molecule has 5 heterocycles. The van der Waals surface area contributed by atoms with Crippen molar-refractivity contribution in [1.82, 2.24) is 28.8 Å². The SMILES string of the molecule is CB(O)N1CCCC(c2cc(Nc3cc(C)ns3)n3ncc(-c4cncs4)c3n2)C1. The predicted octanol–water partition coefficient (Wildman–Crippen LogP) is 3.65. The molecule has 4 aromatic heterocycles. The van der Waals surface area contributed by atoms with E-state index in [4.69, 9.17) is 4.98 Å². The van der Waals surface area contributed by atoms with Gasteiger partial charge >= 0.3 is 7.05 Å². The zero-order valence-electron chi connectivity index (χ0n) is 16.8. The molecule has 30 heavy (non-hydrogen) atoms. The molecule has 1 saturated heterocycles. The van der Waals surface area contributed by atoms with Crippen LogP contribution in [0.1, 0.15) is 30.1 Å². The molecule has 0 radical (unpaired) electrons. The van der Waals surface area contributed by atoms with Crippen molar-refractivity contribution < 1.29 is 5.02 Å². The van der Waals surface area contributed by atoms with Crippen molar-refractivity contribution in [1.29, 1.82) is 0 Å². The van der Waals surface area contributed by atoms with Crippen molar-refractivity contribution in [2.45, 2.75) is 32.5 Å². The van der Waals surface area contributed by atoms with Gasteiger partial charge in [-0.3, -0.25) is 4.98 Å². The van der Waals surface area contributed by atoms with Crippen LogP contribution in [0.25, 0.3) is 16.1 Å². The van der Waals surface area contributed by atoms with Crippen LogP contribution >= 0.6 is 22.9 Å². The van der Waals surface area contributed by atoms with Crippen LogP contribution in [0, 0.1) is 6.92 Å². The van der Waals surface area contributed by atoms with E-state index in [-0.39, 0.29) is 5.92 Å². The van der Waals surface area contributed by atoms with Gasteiger partial charge in [0, 0.05) is 18.2 Å². The Morgan fingerprint density at radius 3 is 2.93 bits per heavy atom. The summed E-state index contributed by atoms with van der Waals surface area (Å²) in [6.45, 7) is 5.53. The van der Waals surface area contributed by atoms with Crippen LogP contribution in [0.4, 0.5) is 10.8 Å². The third kappa shape index (κ3) is 3.73. The average molecular weight is 439 g/mol. The first-order valence-electron chi connectivity index (χ1n) is 9.98. The minimum Gasteiger partial charge on any atom is -0.437 e. The molecule has 0 aromatic carbocycles. The van der Waals surface area contributed by atoms with Crippen LogP contribution in [-0.2, 0) is 0 Å². The maximum atomic E-state index is 10.1. The largest absolute Gasteiger partial charge is 0.437 e. The first-order chi connectivity index (χ1) is 14.6. The molecule has 2 N–H and O–H groups in total. The summed E-state index contributed by atoms with van der Waals surface area (Å²) in [6, 6.07) is 4.11. The lowest BCUT2D eigenvalue weighted by molar-refractivity contribution is 0.283. The average Bonchev–Trinajstić information content (AvgIpc) is 3.48. The highest BCUT2D eigenvalue weighted by molar-refractivity contribution is 7.13. The van der Waals surface area contributed by atoms with Crippen molar-refractivity contribution in [3.05, 3.63) is 41.4 Å². The van der Waals surface area contributed by atoms with Crippen molar-refractivity contribution in [3.63, 3.8) is 0 Å². The second-order valence-electron chi connectivity index (χ2n) is 7.65. The number of rotatable bonds is 5. The molecule has 1 unspecified atom stereocenters. The number of fused-ring (bicyclic) bond motifs is 1. The van der Waals surface area contributed by atoms with Crippen LogP contribution < -0.4 is 5.32 Å². The van der Waals surface area contributed by atoms with Gasteiger partial charge in [0.1, 0.15) is 10.8 Å². The number of thiazole rings is 1. The summed E-state index contributed by atoms with van der Waals surface area (Å²) in [6.07, 6.45) is 5.80. The third-order valence-electron chi connectivity index (χ3n) is 5.47. The molecule has 1 aliphatic rings. The molecule has 1 fully saturated rings. The van der Waals surface area contributed by atoms with E-state index in [1.54, 1.807) is 11.3 Å². The van der Waals surface area contributed by atoms with Crippen LogP contribution in [0.2, 0.25) is 6.82 Å². The van der Waals surface area contributed by atoms with Gasteiger partial charge in [0.25, 0.3) is 0 Å². The first kappa shape index (κ1) is 19.6. The maximum absolute atomic E-state index is 10.1. The normalized spacial score (nSPS) is 17.5. The molecule has 0 amide bonds. The molecule has 1 aliphatic heterocycles. The molecule has 0 aliphatic carbocycles. The van der Waals surface area contributed by atoms with E-state index in [0.29, 0.717) is 0 Å². The number of nitrogens with one attached hydrogen (secondary N) is 1. The van der Waals surface area contributed by atoms with Gasteiger partial charge in [-0.15, -0.1) is 11.3 Å². The molecule has 154 valence electrons. The Morgan fingerprint density at radius 1 is 1.30 bits per heavy atom. The number of aromatic nitrogens is 5. The van der Waals surface area contributed by atoms with E-state index < -0.39 is 7.05 Å². The summed E-state index contributed by atoms with van der Waals surface area (Å²) in [4.78, 5) is 12.4. The lowest BCUT2D eigenvalue weighted by atomic mass is 9.80. The number of hydrogen-bond acceptors (Lipinski definition) is 9. The number of anilines is 2.